The molecule has 2 N–H and O–H groups in total. The summed E-state index contributed by atoms with van der Waals surface area (Å²) < 4.78 is 0.855. The zero-order chi connectivity index (χ0) is 15.9. The van der Waals surface area contributed by atoms with E-state index in [1.54, 1.807) is 12.1 Å². The largest absolute Gasteiger partial charge is 0.481 e. The van der Waals surface area contributed by atoms with Crippen LogP contribution in [0.4, 0.5) is 5.69 Å². The number of hydrogen-bond acceptors (Lipinski definition) is 2. The van der Waals surface area contributed by atoms with Crippen molar-refractivity contribution >= 4 is 33.5 Å². The highest BCUT2D eigenvalue weighted by Crippen LogP contribution is 2.15. The first kappa shape index (κ1) is 16.2. The van der Waals surface area contributed by atoms with Gasteiger partial charge in [-0.3, -0.25) is 9.59 Å². The van der Waals surface area contributed by atoms with Crippen molar-refractivity contribution in [3.63, 3.8) is 0 Å². The molecule has 0 aliphatic rings. The van der Waals surface area contributed by atoms with Gasteiger partial charge in [-0.15, -0.1) is 0 Å². The van der Waals surface area contributed by atoms with Crippen LogP contribution >= 0.6 is 15.9 Å². The quantitative estimate of drug-likeness (QED) is 0.813. The molecule has 22 heavy (non-hydrogen) atoms. The van der Waals surface area contributed by atoms with E-state index >= 15 is 0 Å². The Bertz CT molecular complexity index is 668. The number of aliphatic carboxylic acids is 1. The third kappa shape index (κ3) is 5.00. The van der Waals surface area contributed by atoms with Crippen molar-refractivity contribution in [3.8, 4) is 0 Å². The smallest absolute Gasteiger partial charge is 0.303 e. The van der Waals surface area contributed by atoms with Crippen LogP contribution in [-0.4, -0.2) is 17.0 Å². The Hall–Kier alpha value is -2.14. The van der Waals surface area contributed by atoms with Crippen molar-refractivity contribution in [3.05, 3.63) is 64.1 Å². The molecule has 5 heteroatoms. The summed E-state index contributed by atoms with van der Waals surface area (Å²) in [7, 11) is 0. The van der Waals surface area contributed by atoms with Gasteiger partial charge < -0.3 is 10.4 Å². The van der Waals surface area contributed by atoms with Crippen molar-refractivity contribution in [1.29, 1.82) is 0 Å². The molecule has 0 aliphatic carbocycles. The number of rotatable bonds is 6. The molecule has 2 aromatic rings. The van der Waals surface area contributed by atoms with E-state index in [9.17, 15) is 9.59 Å². The fraction of sp³-hybridized carbons (Fsp3) is 0.176. The lowest BCUT2D eigenvalue weighted by atomic mass is 10.1. The van der Waals surface area contributed by atoms with Crippen LogP contribution in [0.2, 0.25) is 0 Å². The van der Waals surface area contributed by atoms with E-state index in [1.807, 2.05) is 36.4 Å². The molecule has 0 unspecified atom stereocenters. The molecule has 0 fully saturated rings. The highest BCUT2D eigenvalue weighted by molar-refractivity contribution is 9.10. The SMILES string of the molecule is O=C(O)CCCc1ccc(NC(=O)c2cccc(Br)c2)cc1. The molecule has 0 radical (unpaired) electrons. The lowest BCUT2D eigenvalue weighted by molar-refractivity contribution is -0.137. The van der Waals surface area contributed by atoms with Crippen LogP contribution < -0.4 is 5.32 Å². The number of aryl methyl sites for hydroxylation is 1. The molecule has 0 atom stereocenters. The Morgan fingerprint density at radius 2 is 1.82 bits per heavy atom. The second kappa shape index (κ2) is 7.75. The number of carbonyl (C=O) groups is 2. The van der Waals surface area contributed by atoms with Gasteiger partial charge in [-0.25, -0.2) is 0 Å². The molecule has 0 aromatic heterocycles. The third-order valence-corrected chi connectivity index (χ3v) is 3.65. The van der Waals surface area contributed by atoms with Gasteiger partial charge in [-0.2, -0.15) is 0 Å². The highest BCUT2D eigenvalue weighted by Gasteiger charge is 2.06. The average molecular weight is 362 g/mol. The van der Waals surface area contributed by atoms with Crippen LogP contribution in [0.15, 0.2) is 53.0 Å². The maximum Gasteiger partial charge on any atom is 0.303 e. The zero-order valence-electron chi connectivity index (χ0n) is 11.9. The maximum atomic E-state index is 12.1. The minimum atomic E-state index is -0.780. The summed E-state index contributed by atoms with van der Waals surface area (Å²) in [6, 6.07) is 14.6. The molecule has 0 heterocycles. The Morgan fingerprint density at radius 3 is 2.45 bits per heavy atom. The fourth-order valence-electron chi connectivity index (χ4n) is 2.03. The lowest BCUT2D eigenvalue weighted by Gasteiger charge is -2.07. The summed E-state index contributed by atoms with van der Waals surface area (Å²) in [6.07, 6.45) is 1.49. The number of benzene rings is 2. The van der Waals surface area contributed by atoms with E-state index in [-0.39, 0.29) is 12.3 Å². The molecular formula is C17H16BrNO3. The molecule has 0 saturated heterocycles. The van der Waals surface area contributed by atoms with Gasteiger partial charge in [0.05, 0.1) is 0 Å². The van der Waals surface area contributed by atoms with Crippen LogP contribution in [0.3, 0.4) is 0 Å². The molecule has 4 nitrogen and oxygen atoms in total. The summed E-state index contributed by atoms with van der Waals surface area (Å²) >= 11 is 3.34. The maximum absolute atomic E-state index is 12.1. The minimum absolute atomic E-state index is 0.167. The monoisotopic (exact) mass is 361 g/mol. The molecule has 2 aromatic carbocycles. The van der Waals surface area contributed by atoms with E-state index in [1.165, 1.54) is 0 Å². The summed E-state index contributed by atoms with van der Waals surface area (Å²) in [5.74, 6) is -0.946. The summed E-state index contributed by atoms with van der Waals surface area (Å²) in [5, 5.41) is 11.4. The molecule has 0 saturated carbocycles. The minimum Gasteiger partial charge on any atom is -0.481 e. The number of anilines is 1. The second-order valence-corrected chi connectivity index (χ2v) is 5.82. The van der Waals surface area contributed by atoms with Crippen LogP contribution in [0.25, 0.3) is 0 Å². The van der Waals surface area contributed by atoms with Gasteiger partial charge in [0.25, 0.3) is 5.91 Å². The lowest BCUT2D eigenvalue weighted by Crippen LogP contribution is -2.11. The number of carboxylic acids is 1. The first-order valence-electron chi connectivity index (χ1n) is 6.92. The number of halogens is 1. The van der Waals surface area contributed by atoms with Crippen molar-refractivity contribution < 1.29 is 14.7 Å². The van der Waals surface area contributed by atoms with Gasteiger partial charge in [-0.1, -0.05) is 34.1 Å². The molecule has 1 amide bonds. The summed E-state index contributed by atoms with van der Waals surface area (Å²) in [5.41, 5.74) is 2.36. The van der Waals surface area contributed by atoms with Gasteiger partial charge in [0.15, 0.2) is 0 Å². The topological polar surface area (TPSA) is 66.4 Å². The molecular weight excluding hydrogens is 346 g/mol. The van der Waals surface area contributed by atoms with Crippen LogP contribution in [0, 0.1) is 0 Å². The first-order valence-corrected chi connectivity index (χ1v) is 7.71. The van der Waals surface area contributed by atoms with Crippen LogP contribution in [0.1, 0.15) is 28.8 Å². The predicted octanol–water partition coefficient (Wildman–Crippen LogP) is 4.11. The van der Waals surface area contributed by atoms with Crippen molar-refractivity contribution in [1.82, 2.24) is 0 Å². The Kier molecular flexibility index (Phi) is 5.72. The van der Waals surface area contributed by atoms with Crippen LogP contribution in [0.5, 0.6) is 0 Å². The van der Waals surface area contributed by atoms with Gasteiger partial charge in [0.2, 0.25) is 0 Å². The van der Waals surface area contributed by atoms with Gasteiger partial charge in [-0.05, 0) is 48.7 Å². The van der Waals surface area contributed by atoms with E-state index in [4.69, 9.17) is 5.11 Å². The number of carbonyl (C=O) groups excluding carboxylic acids is 1. The number of carboxylic acid groups (broad SMARTS) is 1. The molecule has 0 spiro atoms. The van der Waals surface area contributed by atoms with Gasteiger partial charge >= 0.3 is 5.97 Å². The molecule has 114 valence electrons. The molecule has 0 bridgehead atoms. The second-order valence-electron chi connectivity index (χ2n) is 4.91. The number of amides is 1. The highest BCUT2D eigenvalue weighted by atomic mass is 79.9. The van der Waals surface area contributed by atoms with E-state index in [2.05, 4.69) is 21.2 Å². The molecule has 2 rings (SSSR count). The third-order valence-electron chi connectivity index (χ3n) is 3.15. The van der Waals surface area contributed by atoms with Gasteiger partial charge in [0, 0.05) is 22.1 Å². The van der Waals surface area contributed by atoms with Gasteiger partial charge in [0.1, 0.15) is 0 Å². The predicted molar refractivity (Wildman–Crippen MR) is 89.1 cm³/mol. The number of nitrogens with one attached hydrogen (secondary N) is 1. The molecule has 0 aliphatic heterocycles. The van der Waals surface area contributed by atoms with E-state index in [0.29, 0.717) is 24.1 Å². The standard InChI is InChI=1S/C17H16BrNO3/c18-14-5-2-4-13(11-14)17(22)19-15-9-7-12(8-10-15)3-1-6-16(20)21/h2,4-5,7-11H,1,3,6H2,(H,19,22)(H,20,21). The fourth-order valence-corrected chi connectivity index (χ4v) is 2.43. The summed E-state index contributed by atoms with van der Waals surface area (Å²) in [4.78, 5) is 22.6. The summed E-state index contributed by atoms with van der Waals surface area (Å²) in [6.45, 7) is 0. The van der Waals surface area contributed by atoms with Crippen molar-refractivity contribution in [2.24, 2.45) is 0 Å². The van der Waals surface area contributed by atoms with Crippen LogP contribution in [-0.2, 0) is 11.2 Å². The van der Waals surface area contributed by atoms with E-state index in [0.717, 1.165) is 10.0 Å². The first-order chi connectivity index (χ1) is 10.5. The van der Waals surface area contributed by atoms with E-state index < -0.39 is 5.97 Å². The zero-order valence-corrected chi connectivity index (χ0v) is 13.5. The normalized spacial score (nSPS) is 10.2. The van der Waals surface area contributed by atoms with Crippen molar-refractivity contribution in [2.75, 3.05) is 5.32 Å². The Balaban J connectivity index is 1.93. The Morgan fingerprint density at radius 1 is 1.09 bits per heavy atom. The van der Waals surface area contributed by atoms with Crippen molar-refractivity contribution in [2.45, 2.75) is 19.3 Å². The average Bonchev–Trinajstić information content (AvgIpc) is 2.48. The number of hydrogen-bond donors (Lipinski definition) is 2. The Labute approximate surface area is 137 Å².